The second-order valence-corrected chi connectivity index (χ2v) is 3.01. The Morgan fingerprint density at radius 1 is 1.50 bits per heavy atom. The molecule has 0 saturated carbocycles. The standard InChI is InChI=1S/C10H17NO3/c1-4-5-6-7-9(12)11(2)8-10(13)14-3/h4H,1,5-8H2,2-3H3. The van der Waals surface area contributed by atoms with Crippen molar-refractivity contribution < 1.29 is 14.3 Å². The van der Waals surface area contributed by atoms with Gasteiger partial charge in [-0.05, 0) is 12.8 Å². The summed E-state index contributed by atoms with van der Waals surface area (Å²) in [5.74, 6) is -0.443. The number of hydrogen-bond donors (Lipinski definition) is 0. The van der Waals surface area contributed by atoms with Crippen LogP contribution in [-0.4, -0.2) is 37.5 Å². The molecule has 0 aromatic carbocycles. The zero-order valence-electron chi connectivity index (χ0n) is 8.78. The summed E-state index contributed by atoms with van der Waals surface area (Å²) in [4.78, 5) is 23.5. The third-order valence-electron chi connectivity index (χ3n) is 1.82. The van der Waals surface area contributed by atoms with Crippen LogP contribution >= 0.6 is 0 Å². The lowest BCUT2D eigenvalue weighted by atomic mass is 10.2. The Morgan fingerprint density at radius 3 is 2.64 bits per heavy atom. The lowest BCUT2D eigenvalue weighted by molar-refractivity contribution is -0.146. The molecule has 0 heterocycles. The number of methoxy groups -OCH3 is 1. The van der Waals surface area contributed by atoms with E-state index in [4.69, 9.17) is 0 Å². The summed E-state index contributed by atoms with van der Waals surface area (Å²) in [7, 11) is 2.89. The minimum absolute atomic E-state index is 0.0173. The molecular formula is C10H17NO3. The maximum Gasteiger partial charge on any atom is 0.325 e. The number of unbranched alkanes of at least 4 members (excludes halogenated alkanes) is 1. The van der Waals surface area contributed by atoms with E-state index in [2.05, 4.69) is 11.3 Å². The first-order chi connectivity index (χ1) is 6.61. The Morgan fingerprint density at radius 2 is 2.14 bits per heavy atom. The van der Waals surface area contributed by atoms with Gasteiger partial charge in [0.2, 0.25) is 5.91 Å². The molecule has 0 aliphatic rings. The van der Waals surface area contributed by atoms with Gasteiger partial charge in [-0.3, -0.25) is 9.59 Å². The van der Waals surface area contributed by atoms with E-state index in [0.29, 0.717) is 6.42 Å². The van der Waals surface area contributed by atoms with Crippen molar-refractivity contribution in [3.8, 4) is 0 Å². The van der Waals surface area contributed by atoms with Crippen molar-refractivity contribution in [3.05, 3.63) is 12.7 Å². The number of allylic oxidation sites excluding steroid dienone is 1. The highest BCUT2D eigenvalue weighted by molar-refractivity contribution is 5.81. The van der Waals surface area contributed by atoms with Crippen LogP contribution in [0.4, 0.5) is 0 Å². The van der Waals surface area contributed by atoms with Gasteiger partial charge in [0.1, 0.15) is 6.54 Å². The minimum atomic E-state index is -0.399. The first-order valence-electron chi connectivity index (χ1n) is 4.53. The average Bonchev–Trinajstić information content (AvgIpc) is 2.17. The van der Waals surface area contributed by atoms with Crippen LogP contribution in [0.5, 0.6) is 0 Å². The van der Waals surface area contributed by atoms with Crippen LogP contribution in [0, 0.1) is 0 Å². The molecule has 0 spiro atoms. The average molecular weight is 199 g/mol. The fraction of sp³-hybridized carbons (Fsp3) is 0.600. The van der Waals surface area contributed by atoms with E-state index < -0.39 is 5.97 Å². The molecule has 0 fully saturated rings. The number of amides is 1. The van der Waals surface area contributed by atoms with E-state index in [0.717, 1.165) is 12.8 Å². The van der Waals surface area contributed by atoms with Gasteiger partial charge in [-0.15, -0.1) is 6.58 Å². The monoisotopic (exact) mass is 199 g/mol. The van der Waals surface area contributed by atoms with Crippen molar-refractivity contribution in [3.63, 3.8) is 0 Å². The summed E-state index contributed by atoms with van der Waals surface area (Å²) in [6, 6.07) is 0. The molecule has 4 heteroatoms. The van der Waals surface area contributed by atoms with Gasteiger partial charge in [0.25, 0.3) is 0 Å². The van der Waals surface area contributed by atoms with Gasteiger partial charge in [0, 0.05) is 13.5 Å². The minimum Gasteiger partial charge on any atom is -0.468 e. The molecule has 0 aromatic heterocycles. The van der Waals surface area contributed by atoms with Crippen molar-refractivity contribution >= 4 is 11.9 Å². The van der Waals surface area contributed by atoms with Crippen molar-refractivity contribution in [2.75, 3.05) is 20.7 Å². The molecule has 0 N–H and O–H groups in total. The van der Waals surface area contributed by atoms with E-state index in [9.17, 15) is 9.59 Å². The first-order valence-corrected chi connectivity index (χ1v) is 4.53. The van der Waals surface area contributed by atoms with E-state index in [-0.39, 0.29) is 12.5 Å². The number of nitrogens with zero attached hydrogens (tertiary/aromatic N) is 1. The van der Waals surface area contributed by atoms with E-state index >= 15 is 0 Å². The molecule has 1 amide bonds. The number of ether oxygens (including phenoxy) is 1. The lowest BCUT2D eigenvalue weighted by Crippen LogP contribution is -2.32. The van der Waals surface area contributed by atoms with Crippen molar-refractivity contribution in [1.82, 2.24) is 4.90 Å². The molecule has 0 unspecified atom stereocenters. The van der Waals surface area contributed by atoms with Crippen LogP contribution in [0.1, 0.15) is 19.3 Å². The van der Waals surface area contributed by atoms with Gasteiger partial charge in [0.05, 0.1) is 7.11 Å². The molecular weight excluding hydrogens is 182 g/mol. The Bertz CT molecular complexity index is 213. The van der Waals surface area contributed by atoms with Crippen LogP contribution in [-0.2, 0) is 14.3 Å². The van der Waals surface area contributed by atoms with Crippen molar-refractivity contribution in [1.29, 1.82) is 0 Å². The molecule has 0 radical (unpaired) electrons. The maximum atomic E-state index is 11.4. The SMILES string of the molecule is C=CCCCC(=O)N(C)CC(=O)OC. The third kappa shape index (κ3) is 5.35. The molecule has 0 aliphatic carbocycles. The van der Waals surface area contributed by atoms with Gasteiger partial charge in [-0.2, -0.15) is 0 Å². The fourth-order valence-electron chi connectivity index (χ4n) is 0.935. The largest absolute Gasteiger partial charge is 0.468 e. The highest BCUT2D eigenvalue weighted by Crippen LogP contribution is 1.99. The quantitative estimate of drug-likeness (QED) is 0.364. The molecule has 0 atom stereocenters. The van der Waals surface area contributed by atoms with Crippen LogP contribution < -0.4 is 0 Å². The summed E-state index contributed by atoms with van der Waals surface area (Å²) in [5, 5.41) is 0. The van der Waals surface area contributed by atoms with E-state index in [1.54, 1.807) is 13.1 Å². The second-order valence-electron chi connectivity index (χ2n) is 3.01. The van der Waals surface area contributed by atoms with Gasteiger partial charge in [-0.1, -0.05) is 6.08 Å². The van der Waals surface area contributed by atoms with Gasteiger partial charge in [-0.25, -0.2) is 0 Å². The van der Waals surface area contributed by atoms with Crippen LogP contribution in [0.25, 0.3) is 0 Å². The molecule has 0 aliphatic heterocycles. The summed E-state index contributed by atoms with van der Waals surface area (Å²) in [6.45, 7) is 3.58. The number of carbonyl (C=O) groups is 2. The number of carbonyl (C=O) groups excluding carboxylic acids is 2. The lowest BCUT2D eigenvalue weighted by Gasteiger charge is -2.14. The Balaban J connectivity index is 3.75. The third-order valence-corrected chi connectivity index (χ3v) is 1.82. The first kappa shape index (κ1) is 12.7. The van der Waals surface area contributed by atoms with E-state index in [1.165, 1.54) is 12.0 Å². The molecule has 0 bridgehead atoms. The van der Waals surface area contributed by atoms with Crippen LogP contribution in [0.15, 0.2) is 12.7 Å². The van der Waals surface area contributed by atoms with Gasteiger partial charge in [0.15, 0.2) is 0 Å². The maximum absolute atomic E-state index is 11.4. The molecule has 80 valence electrons. The summed E-state index contributed by atoms with van der Waals surface area (Å²) < 4.78 is 4.45. The molecule has 0 saturated heterocycles. The Kier molecular flexibility index (Phi) is 6.45. The summed E-state index contributed by atoms with van der Waals surface area (Å²) in [6.07, 6.45) is 3.80. The number of esters is 1. The highest BCUT2D eigenvalue weighted by Gasteiger charge is 2.11. The smallest absolute Gasteiger partial charge is 0.325 e. The zero-order valence-corrected chi connectivity index (χ0v) is 8.78. The van der Waals surface area contributed by atoms with Gasteiger partial charge >= 0.3 is 5.97 Å². The zero-order chi connectivity index (χ0) is 11.0. The fourth-order valence-corrected chi connectivity index (χ4v) is 0.935. The van der Waals surface area contributed by atoms with E-state index in [1.807, 2.05) is 0 Å². The van der Waals surface area contributed by atoms with Crippen LogP contribution in [0.3, 0.4) is 0 Å². The predicted octanol–water partition coefficient (Wildman–Crippen LogP) is 0.974. The Hall–Kier alpha value is -1.32. The van der Waals surface area contributed by atoms with Crippen LogP contribution in [0.2, 0.25) is 0 Å². The van der Waals surface area contributed by atoms with Crippen molar-refractivity contribution in [2.45, 2.75) is 19.3 Å². The molecule has 0 rings (SSSR count). The molecule has 14 heavy (non-hydrogen) atoms. The highest BCUT2D eigenvalue weighted by atomic mass is 16.5. The summed E-state index contributed by atoms with van der Waals surface area (Å²) in [5.41, 5.74) is 0. The number of rotatable bonds is 6. The second kappa shape index (κ2) is 7.12. The summed E-state index contributed by atoms with van der Waals surface area (Å²) >= 11 is 0. The molecule has 4 nitrogen and oxygen atoms in total. The predicted molar refractivity (Wildman–Crippen MR) is 53.7 cm³/mol. The van der Waals surface area contributed by atoms with Crippen molar-refractivity contribution in [2.24, 2.45) is 0 Å². The number of hydrogen-bond acceptors (Lipinski definition) is 3. The van der Waals surface area contributed by atoms with Gasteiger partial charge < -0.3 is 9.64 Å². The number of likely N-dealkylation sites (N-methyl/N-ethyl adjacent to an activating group) is 1. The molecule has 0 aromatic rings. The Labute approximate surface area is 84.5 Å². The topological polar surface area (TPSA) is 46.6 Å². The normalized spacial score (nSPS) is 9.29.